The van der Waals surface area contributed by atoms with Crippen molar-refractivity contribution in [2.45, 2.75) is 19.3 Å². The Hall–Kier alpha value is -0.730. The number of methoxy groups -OCH3 is 1. The molecule has 0 aromatic heterocycles. The van der Waals surface area contributed by atoms with Gasteiger partial charge in [0.1, 0.15) is 0 Å². The van der Waals surface area contributed by atoms with Crippen molar-refractivity contribution in [3.8, 4) is 0 Å². The van der Waals surface area contributed by atoms with Gasteiger partial charge < -0.3 is 4.74 Å². The lowest BCUT2D eigenvalue weighted by Crippen LogP contribution is -1.88. The Labute approximate surface area is 60.8 Å². The van der Waals surface area contributed by atoms with Crippen LogP contribution in [-0.2, 0) is 4.74 Å². The molecule has 0 saturated heterocycles. The van der Waals surface area contributed by atoms with E-state index in [1.807, 2.05) is 0 Å². The third-order valence-electron chi connectivity index (χ3n) is 1.17. The summed E-state index contributed by atoms with van der Waals surface area (Å²) in [5, 5.41) is 3.41. The first-order chi connectivity index (χ1) is 4.91. The number of nitrogens with zero attached hydrogens (tertiary/aromatic N) is 3. The lowest BCUT2D eigenvalue weighted by molar-refractivity contribution is 0.192. The molecule has 0 aromatic rings. The normalized spacial score (nSPS) is 8.90. The van der Waals surface area contributed by atoms with Crippen LogP contribution in [0.25, 0.3) is 10.4 Å². The molecule has 4 heteroatoms. The third-order valence-corrected chi connectivity index (χ3v) is 1.17. The molecule has 0 rings (SSSR count). The molecule has 0 bridgehead atoms. The number of azide groups is 1. The Kier molecular flexibility index (Phi) is 7.67. The maximum absolute atomic E-state index is 7.90. The fraction of sp³-hybridized carbons (Fsp3) is 1.00. The second-order valence-corrected chi connectivity index (χ2v) is 2.01. The lowest BCUT2D eigenvalue weighted by Gasteiger charge is -1.95. The molecule has 0 aliphatic heterocycles. The first kappa shape index (κ1) is 9.27. The van der Waals surface area contributed by atoms with Gasteiger partial charge in [-0.1, -0.05) is 11.5 Å². The molecule has 10 heavy (non-hydrogen) atoms. The molecule has 0 aromatic carbocycles. The molecule has 58 valence electrons. The highest BCUT2D eigenvalue weighted by Gasteiger charge is 1.85. The van der Waals surface area contributed by atoms with Crippen molar-refractivity contribution < 1.29 is 4.74 Å². The third kappa shape index (κ3) is 7.27. The van der Waals surface area contributed by atoms with Crippen LogP contribution in [-0.4, -0.2) is 20.3 Å². The van der Waals surface area contributed by atoms with E-state index in [2.05, 4.69) is 10.0 Å². The first-order valence-electron chi connectivity index (χ1n) is 3.41. The van der Waals surface area contributed by atoms with E-state index >= 15 is 0 Å². The van der Waals surface area contributed by atoms with Gasteiger partial charge in [0.2, 0.25) is 0 Å². The molecular weight excluding hydrogens is 130 g/mol. The molecule has 0 aliphatic rings. The minimum Gasteiger partial charge on any atom is -0.385 e. The predicted molar refractivity (Wildman–Crippen MR) is 39.7 cm³/mol. The van der Waals surface area contributed by atoms with Gasteiger partial charge in [-0.05, 0) is 18.4 Å². The van der Waals surface area contributed by atoms with Crippen molar-refractivity contribution in [3.63, 3.8) is 0 Å². The molecule has 0 aliphatic carbocycles. The average molecular weight is 143 g/mol. The maximum Gasteiger partial charge on any atom is 0.0462 e. The van der Waals surface area contributed by atoms with Crippen LogP contribution in [0.3, 0.4) is 0 Å². The number of rotatable bonds is 6. The van der Waals surface area contributed by atoms with Gasteiger partial charge >= 0.3 is 0 Å². The average Bonchev–Trinajstić information content (AvgIpc) is 1.97. The number of hydrogen-bond donors (Lipinski definition) is 0. The lowest BCUT2D eigenvalue weighted by atomic mass is 10.2. The molecule has 0 atom stereocenters. The van der Waals surface area contributed by atoms with E-state index < -0.39 is 0 Å². The van der Waals surface area contributed by atoms with Crippen molar-refractivity contribution in [2.24, 2.45) is 5.11 Å². The highest BCUT2D eigenvalue weighted by molar-refractivity contribution is 4.47. The summed E-state index contributed by atoms with van der Waals surface area (Å²) >= 11 is 0. The smallest absolute Gasteiger partial charge is 0.0462 e. The summed E-state index contributed by atoms with van der Waals surface area (Å²) in [4.78, 5) is 2.65. The van der Waals surface area contributed by atoms with Gasteiger partial charge in [-0.25, -0.2) is 0 Å². The van der Waals surface area contributed by atoms with E-state index in [1.54, 1.807) is 7.11 Å². The molecule has 0 N–H and O–H groups in total. The summed E-state index contributed by atoms with van der Waals surface area (Å²) in [7, 11) is 1.69. The molecule has 4 nitrogen and oxygen atoms in total. The summed E-state index contributed by atoms with van der Waals surface area (Å²) in [6.07, 6.45) is 3.09. The summed E-state index contributed by atoms with van der Waals surface area (Å²) in [6.45, 7) is 1.41. The first-order valence-corrected chi connectivity index (χ1v) is 3.41. The quantitative estimate of drug-likeness (QED) is 0.243. The van der Waals surface area contributed by atoms with E-state index in [0.29, 0.717) is 6.54 Å². The molecule has 0 unspecified atom stereocenters. The van der Waals surface area contributed by atoms with Gasteiger partial charge in [0.15, 0.2) is 0 Å². The monoisotopic (exact) mass is 143 g/mol. The van der Waals surface area contributed by atoms with Gasteiger partial charge in [0, 0.05) is 25.2 Å². The predicted octanol–water partition coefficient (Wildman–Crippen LogP) is 2.11. The van der Waals surface area contributed by atoms with E-state index in [4.69, 9.17) is 10.3 Å². The second-order valence-electron chi connectivity index (χ2n) is 2.01. The Balaban J connectivity index is 2.83. The van der Waals surface area contributed by atoms with Crippen LogP contribution in [0.1, 0.15) is 19.3 Å². The summed E-state index contributed by atoms with van der Waals surface area (Å²) in [5.74, 6) is 0. The number of unbranched alkanes of at least 4 members (excludes halogenated alkanes) is 2. The SMILES string of the molecule is COCCCCCN=[N+]=[N-]. The molecule has 0 fully saturated rings. The number of ether oxygens (including phenoxy) is 1. The fourth-order valence-corrected chi connectivity index (χ4v) is 0.650. The fourth-order valence-electron chi connectivity index (χ4n) is 0.650. The van der Waals surface area contributed by atoms with Gasteiger partial charge in [-0.3, -0.25) is 0 Å². The van der Waals surface area contributed by atoms with Crippen LogP contribution >= 0.6 is 0 Å². The zero-order valence-corrected chi connectivity index (χ0v) is 6.29. The van der Waals surface area contributed by atoms with Crippen LogP contribution in [0.4, 0.5) is 0 Å². The topological polar surface area (TPSA) is 58.0 Å². The van der Waals surface area contributed by atoms with Crippen LogP contribution in [0.2, 0.25) is 0 Å². The van der Waals surface area contributed by atoms with Gasteiger partial charge in [-0.2, -0.15) is 0 Å². The van der Waals surface area contributed by atoms with E-state index in [-0.39, 0.29) is 0 Å². The Morgan fingerprint density at radius 1 is 1.40 bits per heavy atom. The van der Waals surface area contributed by atoms with Crippen LogP contribution in [0.5, 0.6) is 0 Å². The molecule has 0 amide bonds. The largest absolute Gasteiger partial charge is 0.385 e. The standard InChI is InChI=1S/C6H13N3O/c1-10-6-4-2-3-5-8-9-7/h2-6H2,1H3. The van der Waals surface area contributed by atoms with Gasteiger partial charge in [0.05, 0.1) is 0 Å². The highest BCUT2D eigenvalue weighted by Crippen LogP contribution is 1.95. The van der Waals surface area contributed by atoms with E-state index in [9.17, 15) is 0 Å². The molecular formula is C6H13N3O. The van der Waals surface area contributed by atoms with E-state index in [0.717, 1.165) is 25.9 Å². The molecule has 0 radical (unpaired) electrons. The van der Waals surface area contributed by atoms with Crippen LogP contribution in [0, 0.1) is 0 Å². The Morgan fingerprint density at radius 3 is 2.80 bits per heavy atom. The Morgan fingerprint density at radius 2 is 2.20 bits per heavy atom. The number of hydrogen-bond acceptors (Lipinski definition) is 2. The molecule has 0 heterocycles. The molecule has 0 spiro atoms. The Bertz CT molecular complexity index is 110. The summed E-state index contributed by atoms with van der Waals surface area (Å²) in [5.41, 5.74) is 7.90. The second kappa shape index (κ2) is 8.27. The summed E-state index contributed by atoms with van der Waals surface area (Å²) in [6, 6.07) is 0. The zero-order chi connectivity index (χ0) is 7.66. The van der Waals surface area contributed by atoms with Gasteiger partial charge in [-0.15, -0.1) is 0 Å². The zero-order valence-electron chi connectivity index (χ0n) is 6.29. The van der Waals surface area contributed by atoms with Crippen molar-refractivity contribution in [1.82, 2.24) is 0 Å². The molecule has 0 saturated carbocycles. The summed E-state index contributed by atoms with van der Waals surface area (Å²) < 4.78 is 4.84. The van der Waals surface area contributed by atoms with Gasteiger partial charge in [0.25, 0.3) is 0 Å². The van der Waals surface area contributed by atoms with Crippen molar-refractivity contribution >= 4 is 0 Å². The van der Waals surface area contributed by atoms with Crippen LogP contribution in [0.15, 0.2) is 5.11 Å². The maximum atomic E-state index is 7.90. The van der Waals surface area contributed by atoms with Crippen LogP contribution < -0.4 is 0 Å². The highest BCUT2D eigenvalue weighted by atomic mass is 16.5. The van der Waals surface area contributed by atoms with Crippen molar-refractivity contribution in [2.75, 3.05) is 20.3 Å². The van der Waals surface area contributed by atoms with E-state index in [1.165, 1.54) is 0 Å². The van der Waals surface area contributed by atoms with Crippen molar-refractivity contribution in [1.29, 1.82) is 0 Å². The minimum absolute atomic E-state index is 0.611. The van der Waals surface area contributed by atoms with Crippen molar-refractivity contribution in [3.05, 3.63) is 10.4 Å². The minimum atomic E-state index is 0.611.